The molecule has 0 bridgehead atoms. The van der Waals surface area contributed by atoms with E-state index < -0.39 is 17.7 Å². The van der Waals surface area contributed by atoms with Gasteiger partial charge in [-0.1, -0.05) is 19.9 Å². The zero-order valence-electron chi connectivity index (χ0n) is 16.3. The number of hydrogen-bond acceptors (Lipinski definition) is 3. The van der Waals surface area contributed by atoms with E-state index in [4.69, 9.17) is 5.11 Å². The van der Waals surface area contributed by atoms with Crippen molar-refractivity contribution in [3.63, 3.8) is 0 Å². The third kappa shape index (κ3) is 3.78. The highest BCUT2D eigenvalue weighted by Gasteiger charge is 2.36. The van der Waals surface area contributed by atoms with Crippen LogP contribution >= 0.6 is 0 Å². The van der Waals surface area contributed by atoms with Crippen LogP contribution in [0.3, 0.4) is 0 Å². The fraction of sp³-hybridized carbons (Fsp3) is 0.409. The van der Waals surface area contributed by atoms with Gasteiger partial charge in [-0.15, -0.1) is 0 Å². The highest BCUT2D eigenvalue weighted by Crippen LogP contribution is 2.43. The molecule has 4 rings (SSSR count). The van der Waals surface area contributed by atoms with Gasteiger partial charge in [-0.25, -0.2) is 0 Å². The van der Waals surface area contributed by atoms with E-state index in [0.717, 1.165) is 23.1 Å². The molecular formula is C22H23F3N2O2. The lowest BCUT2D eigenvalue weighted by Crippen LogP contribution is -2.50. The Morgan fingerprint density at radius 1 is 1.10 bits per heavy atom. The molecule has 2 aromatic carbocycles. The van der Waals surface area contributed by atoms with E-state index in [1.165, 1.54) is 6.07 Å². The average Bonchev–Trinajstić information content (AvgIpc) is 2.57. The lowest BCUT2D eigenvalue weighted by Gasteiger charge is -2.42. The normalized spacial score (nSPS) is 18.9. The van der Waals surface area contributed by atoms with Crippen molar-refractivity contribution in [2.75, 3.05) is 29.4 Å². The Morgan fingerprint density at radius 3 is 2.45 bits per heavy atom. The number of carbonyl (C=O) groups is 1. The summed E-state index contributed by atoms with van der Waals surface area (Å²) in [6.45, 7) is 5.73. The molecule has 1 saturated heterocycles. The smallest absolute Gasteiger partial charge is 0.416 e. The largest absolute Gasteiger partial charge is 0.481 e. The van der Waals surface area contributed by atoms with Gasteiger partial charge in [-0.3, -0.25) is 4.79 Å². The first-order chi connectivity index (χ1) is 13.5. The number of aliphatic carboxylic acids is 1. The minimum Gasteiger partial charge on any atom is -0.481 e. The van der Waals surface area contributed by atoms with Crippen LogP contribution < -0.4 is 9.80 Å². The molecule has 4 nitrogen and oxygen atoms in total. The van der Waals surface area contributed by atoms with E-state index in [2.05, 4.69) is 18.7 Å². The number of fused-ring (bicyclic) bond motifs is 1. The number of nitrogens with zero attached hydrogens (tertiary/aromatic N) is 2. The Kier molecular flexibility index (Phi) is 4.52. The van der Waals surface area contributed by atoms with Crippen LogP contribution in [-0.4, -0.2) is 30.7 Å². The van der Waals surface area contributed by atoms with Crippen LogP contribution in [0.4, 0.5) is 30.2 Å². The molecule has 7 heteroatoms. The zero-order chi connectivity index (χ0) is 21.0. The number of halogens is 3. The van der Waals surface area contributed by atoms with E-state index in [9.17, 15) is 18.0 Å². The summed E-state index contributed by atoms with van der Waals surface area (Å²) in [6, 6.07) is 11.7. The first-order valence-electron chi connectivity index (χ1n) is 9.59. The Balaban J connectivity index is 1.67. The van der Waals surface area contributed by atoms with E-state index >= 15 is 0 Å². The van der Waals surface area contributed by atoms with Crippen molar-refractivity contribution in [1.82, 2.24) is 0 Å². The quantitative estimate of drug-likeness (QED) is 0.787. The third-order valence-corrected chi connectivity index (χ3v) is 5.69. The van der Waals surface area contributed by atoms with Gasteiger partial charge in [0, 0.05) is 36.7 Å². The number of hydrogen-bond donors (Lipinski definition) is 1. The second-order valence-electron chi connectivity index (χ2n) is 8.73. The molecule has 1 fully saturated rings. The number of alkyl halides is 3. The van der Waals surface area contributed by atoms with Gasteiger partial charge in [0.1, 0.15) is 0 Å². The maximum Gasteiger partial charge on any atom is 0.416 e. The summed E-state index contributed by atoms with van der Waals surface area (Å²) >= 11 is 0. The van der Waals surface area contributed by atoms with Crippen LogP contribution in [-0.2, 0) is 17.4 Å². The van der Waals surface area contributed by atoms with Gasteiger partial charge in [-0.05, 0) is 53.8 Å². The average molecular weight is 404 g/mol. The highest BCUT2D eigenvalue weighted by molar-refractivity contribution is 5.76. The third-order valence-electron chi connectivity index (χ3n) is 5.69. The highest BCUT2D eigenvalue weighted by atomic mass is 19.4. The maximum atomic E-state index is 13.2. The molecule has 2 heterocycles. The Bertz CT molecular complexity index is 949. The van der Waals surface area contributed by atoms with Crippen LogP contribution in [0, 0.1) is 11.3 Å². The van der Waals surface area contributed by atoms with Crippen molar-refractivity contribution in [1.29, 1.82) is 0 Å². The van der Waals surface area contributed by atoms with E-state index in [0.29, 0.717) is 31.6 Å². The zero-order valence-corrected chi connectivity index (χ0v) is 16.3. The van der Waals surface area contributed by atoms with Gasteiger partial charge in [-0.2, -0.15) is 13.2 Å². The first-order valence-corrected chi connectivity index (χ1v) is 9.59. The van der Waals surface area contributed by atoms with E-state index in [1.54, 1.807) is 6.07 Å². The van der Waals surface area contributed by atoms with Crippen LogP contribution in [0.25, 0.3) is 0 Å². The minimum atomic E-state index is -4.36. The second kappa shape index (κ2) is 6.68. The molecule has 0 radical (unpaired) electrons. The topological polar surface area (TPSA) is 43.8 Å². The van der Waals surface area contributed by atoms with E-state index in [1.807, 2.05) is 29.2 Å². The van der Waals surface area contributed by atoms with Crippen LogP contribution in [0.5, 0.6) is 0 Å². The maximum absolute atomic E-state index is 13.2. The predicted molar refractivity (Wildman–Crippen MR) is 106 cm³/mol. The Morgan fingerprint density at radius 2 is 1.79 bits per heavy atom. The summed E-state index contributed by atoms with van der Waals surface area (Å²) in [5.41, 5.74) is 2.51. The monoisotopic (exact) mass is 404 g/mol. The molecule has 2 aliphatic rings. The Labute approximate surface area is 167 Å². The van der Waals surface area contributed by atoms with Gasteiger partial charge in [0.05, 0.1) is 11.5 Å². The number of anilines is 3. The number of benzene rings is 2. The van der Waals surface area contributed by atoms with Gasteiger partial charge in [0.15, 0.2) is 0 Å². The number of carboxylic acids is 1. The summed E-state index contributed by atoms with van der Waals surface area (Å²) < 4.78 is 39.6. The Hall–Kier alpha value is -2.70. The van der Waals surface area contributed by atoms with Crippen molar-refractivity contribution < 1.29 is 23.1 Å². The van der Waals surface area contributed by atoms with E-state index in [-0.39, 0.29) is 11.3 Å². The predicted octanol–water partition coefficient (Wildman–Crippen LogP) is 4.95. The van der Waals surface area contributed by atoms with Crippen molar-refractivity contribution in [3.05, 3.63) is 53.6 Å². The molecular weight excluding hydrogens is 381 g/mol. The molecule has 2 aromatic rings. The summed E-state index contributed by atoms with van der Waals surface area (Å²) in [7, 11) is 0. The molecule has 0 atom stereocenters. The first kappa shape index (κ1) is 19.6. The molecule has 29 heavy (non-hydrogen) atoms. The number of carboxylic acid groups (broad SMARTS) is 1. The molecule has 0 aromatic heterocycles. The fourth-order valence-electron chi connectivity index (χ4n) is 4.19. The summed E-state index contributed by atoms with van der Waals surface area (Å²) in [5.74, 6) is -1.14. The molecule has 0 saturated carbocycles. The van der Waals surface area contributed by atoms with Crippen molar-refractivity contribution in [2.24, 2.45) is 11.3 Å². The van der Waals surface area contributed by atoms with Crippen molar-refractivity contribution in [2.45, 2.75) is 26.4 Å². The minimum absolute atomic E-state index is 0.182. The molecule has 1 N–H and O–H groups in total. The van der Waals surface area contributed by atoms with Crippen molar-refractivity contribution in [3.8, 4) is 0 Å². The van der Waals surface area contributed by atoms with Gasteiger partial charge < -0.3 is 14.9 Å². The summed E-state index contributed by atoms with van der Waals surface area (Å²) in [6.07, 6.45) is -3.78. The van der Waals surface area contributed by atoms with Gasteiger partial charge in [0.2, 0.25) is 0 Å². The lowest BCUT2D eigenvalue weighted by molar-refractivity contribution is -0.142. The molecule has 0 amide bonds. The lowest BCUT2D eigenvalue weighted by atomic mass is 9.80. The molecule has 2 aliphatic heterocycles. The van der Waals surface area contributed by atoms with Gasteiger partial charge >= 0.3 is 12.1 Å². The summed E-state index contributed by atoms with van der Waals surface area (Å²) in [4.78, 5) is 15.1. The van der Waals surface area contributed by atoms with Gasteiger partial charge in [0.25, 0.3) is 0 Å². The fourth-order valence-corrected chi connectivity index (χ4v) is 4.19. The van der Waals surface area contributed by atoms with Crippen molar-refractivity contribution >= 4 is 23.0 Å². The molecule has 0 spiro atoms. The molecule has 0 aliphatic carbocycles. The number of rotatable bonds is 3. The van der Waals surface area contributed by atoms with Crippen LogP contribution in [0.15, 0.2) is 42.5 Å². The van der Waals surface area contributed by atoms with Crippen LogP contribution in [0.2, 0.25) is 0 Å². The SMILES string of the molecule is CC1(C)Cc2cc(C(F)(F)F)ccc2N(c2cccc(N3CC(C(=O)O)C3)c2)C1. The standard InChI is InChI=1S/C22H23F3N2O2/c1-21(2)10-14-8-16(22(23,24)25)6-7-19(14)27(13-21)18-5-3-4-17(9-18)26-11-15(12-26)20(28)29/h3-9,15H,10-13H2,1-2H3,(H,28,29). The molecule has 154 valence electrons. The molecule has 0 unspecified atom stereocenters. The van der Waals surface area contributed by atoms with Crippen LogP contribution in [0.1, 0.15) is 25.0 Å². The summed E-state index contributed by atoms with van der Waals surface area (Å²) in [5, 5.41) is 9.09. The second-order valence-corrected chi connectivity index (χ2v) is 8.73.